The molecule has 0 aliphatic rings. The molecule has 0 amide bonds. The second-order valence-corrected chi connectivity index (χ2v) is 3.97. The molecular formula is C15H12F2O2. The molecule has 0 N–H and O–H groups in total. The predicted molar refractivity (Wildman–Crippen MR) is 66.8 cm³/mol. The van der Waals surface area contributed by atoms with Crippen LogP contribution in [0.2, 0.25) is 0 Å². The van der Waals surface area contributed by atoms with Crippen LogP contribution >= 0.6 is 0 Å². The van der Waals surface area contributed by atoms with Crippen molar-refractivity contribution in [3.05, 3.63) is 71.3 Å². The average Bonchev–Trinajstić information content (AvgIpc) is 2.40. The zero-order valence-electron chi connectivity index (χ0n) is 10.1. The number of rotatable bonds is 4. The second-order valence-electron chi connectivity index (χ2n) is 3.97. The lowest BCUT2D eigenvalue weighted by Crippen LogP contribution is -2.12. The molecule has 0 unspecified atom stereocenters. The van der Waals surface area contributed by atoms with Gasteiger partial charge in [-0.1, -0.05) is 36.4 Å². The molecule has 4 heteroatoms. The van der Waals surface area contributed by atoms with E-state index in [-0.39, 0.29) is 6.61 Å². The fourth-order valence-corrected chi connectivity index (χ4v) is 1.67. The van der Waals surface area contributed by atoms with E-state index < -0.39 is 23.2 Å². The monoisotopic (exact) mass is 262 g/mol. The van der Waals surface area contributed by atoms with Gasteiger partial charge in [0.1, 0.15) is 17.2 Å². The first kappa shape index (κ1) is 13.2. The van der Waals surface area contributed by atoms with Crippen molar-refractivity contribution in [2.45, 2.75) is 6.42 Å². The normalized spacial score (nSPS) is 10.2. The number of benzene rings is 2. The molecule has 0 aliphatic carbocycles. The van der Waals surface area contributed by atoms with Gasteiger partial charge in [-0.2, -0.15) is 0 Å². The highest BCUT2D eigenvalue weighted by atomic mass is 19.1. The van der Waals surface area contributed by atoms with E-state index in [4.69, 9.17) is 4.74 Å². The first-order valence-corrected chi connectivity index (χ1v) is 5.83. The summed E-state index contributed by atoms with van der Waals surface area (Å²) in [6.45, 7) is 0.0800. The predicted octanol–water partition coefficient (Wildman–Crippen LogP) is 3.36. The fraction of sp³-hybridized carbons (Fsp3) is 0.133. The smallest absolute Gasteiger partial charge is 0.344 e. The van der Waals surface area contributed by atoms with Gasteiger partial charge in [-0.15, -0.1) is 0 Å². The Bertz CT molecular complexity index is 547. The van der Waals surface area contributed by atoms with Crippen LogP contribution in [0.4, 0.5) is 8.78 Å². The van der Waals surface area contributed by atoms with Crippen LogP contribution < -0.4 is 0 Å². The lowest BCUT2D eigenvalue weighted by molar-refractivity contribution is 0.0498. The Morgan fingerprint density at radius 2 is 1.58 bits per heavy atom. The Morgan fingerprint density at radius 3 is 2.21 bits per heavy atom. The Hall–Kier alpha value is -2.23. The highest BCUT2D eigenvalue weighted by Crippen LogP contribution is 2.13. The summed E-state index contributed by atoms with van der Waals surface area (Å²) >= 11 is 0. The SMILES string of the molecule is O=C(OCCc1ccccc1)c1c(F)cccc1F. The van der Waals surface area contributed by atoms with Gasteiger partial charge in [0.25, 0.3) is 0 Å². The van der Waals surface area contributed by atoms with Crippen molar-refractivity contribution in [3.63, 3.8) is 0 Å². The maximum Gasteiger partial charge on any atom is 0.344 e. The number of carbonyl (C=O) groups is 1. The molecule has 98 valence electrons. The van der Waals surface area contributed by atoms with E-state index >= 15 is 0 Å². The summed E-state index contributed by atoms with van der Waals surface area (Å²) in [5.41, 5.74) is 0.347. The molecular weight excluding hydrogens is 250 g/mol. The molecule has 2 rings (SSSR count). The van der Waals surface area contributed by atoms with Gasteiger partial charge in [-0.3, -0.25) is 0 Å². The molecule has 0 bridgehead atoms. The molecule has 0 aromatic heterocycles. The average molecular weight is 262 g/mol. The number of carbonyl (C=O) groups excluding carboxylic acids is 1. The minimum absolute atomic E-state index is 0.0800. The molecule has 2 aromatic rings. The van der Waals surface area contributed by atoms with Crippen LogP contribution in [0.5, 0.6) is 0 Å². The molecule has 0 heterocycles. The highest BCUT2D eigenvalue weighted by Gasteiger charge is 2.18. The summed E-state index contributed by atoms with van der Waals surface area (Å²) in [4.78, 5) is 11.6. The Balaban J connectivity index is 1.95. The van der Waals surface area contributed by atoms with Crippen molar-refractivity contribution < 1.29 is 18.3 Å². The standard InChI is InChI=1S/C15H12F2O2/c16-12-7-4-8-13(17)14(12)15(18)19-10-9-11-5-2-1-3-6-11/h1-8H,9-10H2. The van der Waals surface area contributed by atoms with E-state index in [0.717, 1.165) is 17.7 Å². The summed E-state index contributed by atoms with van der Waals surface area (Å²) in [6, 6.07) is 12.6. The van der Waals surface area contributed by atoms with Crippen LogP contribution in [-0.2, 0) is 11.2 Å². The molecule has 0 radical (unpaired) electrons. The summed E-state index contributed by atoms with van der Waals surface area (Å²) in [5, 5.41) is 0. The summed E-state index contributed by atoms with van der Waals surface area (Å²) < 4.78 is 31.5. The number of hydrogen-bond donors (Lipinski definition) is 0. The zero-order chi connectivity index (χ0) is 13.7. The van der Waals surface area contributed by atoms with Crippen molar-refractivity contribution >= 4 is 5.97 Å². The van der Waals surface area contributed by atoms with Gasteiger partial charge in [0.2, 0.25) is 0 Å². The zero-order valence-corrected chi connectivity index (χ0v) is 10.1. The third-order valence-corrected chi connectivity index (χ3v) is 2.63. The summed E-state index contributed by atoms with van der Waals surface area (Å²) in [6.07, 6.45) is 0.503. The van der Waals surface area contributed by atoms with E-state index in [9.17, 15) is 13.6 Å². The third-order valence-electron chi connectivity index (χ3n) is 2.63. The minimum Gasteiger partial charge on any atom is -0.462 e. The van der Waals surface area contributed by atoms with Gasteiger partial charge < -0.3 is 4.74 Å². The first-order valence-electron chi connectivity index (χ1n) is 5.83. The lowest BCUT2D eigenvalue weighted by atomic mass is 10.2. The fourth-order valence-electron chi connectivity index (χ4n) is 1.67. The van der Waals surface area contributed by atoms with Crippen LogP contribution in [0.25, 0.3) is 0 Å². The number of esters is 1. The Kier molecular flexibility index (Phi) is 4.23. The third kappa shape index (κ3) is 3.37. The van der Waals surface area contributed by atoms with Crippen LogP contribution in [0.1, 0.15) is 15.9 Å². The van der Waals surface area contributed by atoms with E-state index in [2.05, 4.69) is 0 Å². The summed E-state index contributed by atoms with van der Waals surface area (Å²) in [7, 11) is 0. The van der Waals surface area contributed by atoms with Crippen molar-refractivity contribution in [2.24, 2.45) is 0 Å². The van der Waals surface area contributed by atoms with Gasteiger partial charge in [0.05, 0.1) is 6.61 Å². The van der Waals surface area contributed by atoms with Crippen molar-refractivity contribution in [2.75, 3.05) is 6.61 Å². The van der Waals surface area contributed by atoms with Gasteiger partial charge in [0.15, 0.2) is 0 Å². The minimum atomic E-state index is -0.980. The van der Waals surface area contributed by atoms with Crippen molar-refractivity contribution in [1.29, 1.82) is 0 Å². The van der Waals surface area contributed by atoms with Crippen LogP contribution in [-0.4, -0.2) is 12.6 Å². The van der Waals surface area contributed by atoms with Crippen LogP contribution in [0, 0.1) is 11.6 Å². The molecule has 0 spiro atoms. The summed E-state index contributed by atoms with van der Waals surface area (Å²) in [5.74, 6) is -2.80. The molecule has 19 heavy (non-hydrogen) atoms. The molecule has 2 aromatic carbocycles. The largest absolute Gasteiger partial charge is 0.462 e. The van der Waals surface area contributed by atoms with E-state index in [1.54, 1.807) is 0 Å². The van der Waals surface area contributed by atoms with E-state index in [1.165, 1.54) is 6.07 Å². The maximum absolute atomic E-state index is 13.3. The first-order chi connectivity index (χ1) is 9.18. The number of halogens is 2. The number of hydrogen-bond acceptors (Lipinski definition) is 2. The second kappa shape index (κ2) is 6.09. The highest BCUT2D eigenvalue weighted by molar-refractivity contribution is 5.90. The van der Waals surface area contributed by atoms with Crippen LogP contribution in [0.3, 0.4) is 0 Å². The molecule has 0 aliphatic heterocycles. The van der Waals surface area contributed by atoms with Crippen LogP contribution in [0.15, 0.2) is 48.5 Å². The molecule has 0 atom stereocenters. The lowest BCUT2D eigenvalue weighted by Gasteiger charge is -2.06. The topological polar surface area (TPSA) is 26.3 Å². The number of ether oxygens (including phenoxy) is 1. The van der Waals surface area contributed by atoms with Crippen molar-refractivity contribution in [3.8, 4) is 0 Å². The molecule has 0 fully saturated rings. The maximum atomic E-state index is 13.3. The van der Waals surface area contributed by atoms with Gasteiger partial charge in [-0.05, 0) is 17.7 Å². The van der Waals surface area contributed by atoms with E-state index in [1.807, 2.05) is 30.3 Å². The van der Waals surface area contributed by atoms with Crippen molar-refractivity contribution in [1.82, 2.24) is 0 Å². The van der Waals surface area contributed by atoms with Gasteiger partial charge >= 0.3 is 5.97 Å². The molecule has 0 saturated heterocycles. The Labute approximate surface area is 109 Å². The van der Waals surface area contributed by atoms with Gasteiger partial charge in [0, 0.05) is 6.42 Å². The quantitative estimate of drug-likeness (QED) is 0.790. The van der Waals surface area contributed by atoms with Gasteiger partial charge in [-0.25, -0.2) is 13.6 Å². The molecule has 0 saturated carbocycles. The van der Waals surface area contributed by atoms with E-state index in [0.29, 0.717) is 6.42 Å². The molecule has 2 nitrogen and oxygen atoms in total. The Morgan fingerprint density at radius 1 is 0.947 bits per heavy atom.